The van der Waals surface area contributed by atoms with E-state index in [1.54, 1.807) is 0 Å². The highest BCUT2D eigenvalue weighted by Crippen LogP contribution is 2.33. The van der Waals surface area contributed by atoms with Crippen molar-refractivity contribution in [2.24, 2.45) is 5.41 Å². The number of hydrogen-bond donors (Lipinski definition) is 2. The van der Waals surface area contributed by atoms with Gasteiger partial charge in [-0.25, -0.2) is 0 Å². The summed E-state index contributed by atoms with van der Waals surface area (Å²) in [7, 11) is 0. The Morgan fingerprint density at radius 1 is 1.53 bits per heavy atom. The number of likely N-dealkylation sites (N-methyl/N-ethyl adjacent to an activating group) is 1. The zero-order valence-corrected chi connectivity index (χ0v) is 10.7. The van der Waals surface area contributed by atoms with Gasteiger partial charge in [-0.1, -0.05) is 13.8 Å². The molecule has 0 aliphatic carbocycles. The average molecular weight is 230 g/mol. The zero-order valence-electron chi connectivity index (χ0n) is 9.93. The second-order valence-electron chi connectivity index (χ2n) is 4.70. The Labute approximate surface area is 96.8 Å². The van der Waals surface area contributed by atoms with Gasteiger partial charge in [0.05, 0.1) is 6.54 Å². The van der Waals surface area contributed by atoms with Crippen LogP contribution in [-0.2, 0) is 4.79 Å². The lowest BCUT2D eigenvalue weighted by Crippen LogP contribution is -2.49. The fraction of sp³-hybridized carbons (Fsp3) is 0.909. The standard InChI is InChI=1S/C11H22N2OS/c1-4-12-10(14)7-13-9-8-15-6-5-11(9,2)3/h9,13H,4-8H2,1-3H3,(H,12,14). The number of hydrogen-bond acceptors (Lipinski definition) is 3. The van der Waals surface area contributed by atoms with E-state index in [-0.39, 0.29) is 5.91 Å². The lowest BCUT2D eigenvalue weighted by atomic mass is 9.82. The largest absolute Gasteiger partial charge is 0.355 e. The van der Waals surface area contributed by atoms with Crippen LogP contribution in [0.3, 0.4) is 0 Å². The Morgan fingerprint density at radius 2 is 2.27 bits per heavy atom. The number of nitrogens with one attached hydrogen (secondary N) is 2. The number of rotatable bonds is 4. The summed E-state index contributed by atoms with van der Waals surface area (Å²) in [5, 5.41) is 6.17. The van der Waals surface area contributed by atoms with Crippen LogP contribution in [0.15, 0.2) is 0 Å². The topological polar surface area (TPSA) is 41.1 Å². The van der Waals surface area contributed by atoms with E-state index >= 15 is 0 Å². The smallest absolute Gasteiger partial charge is 0.233 e. The molecule has 1 saturated heterocycles. The minimum Gasteiger partial charge on any atom is -0.355 e. The van der Waals surface area contributed by atoms with E-state index in [9.17, 15) is 4.79 Å². The molecule has 0 radical (unpaired) electrons. The fourth-order valence-corrected chi connectivity index (χ4v) is 3.39. The Bertz CT molecular complexity index is 219. The van der Waals surface area contributed by atoms with E-state index < -0.39 is 0 Å². The van der Waals surface area contributed by atoms with Gasteiger partial charge >= 0.3 is 0 Å². The van der Waals surface area contributed by atoms with Gasteiger partial charge in [0.2, 0.25) is 5.91 Å². The maximum atomic E-state index is 11.3. The molecule has 2 N–H and O–H groups in total. The Morgan fingerprint density at radius 3 is 2.87 bits per heavy atom. The SMILES string of the molecule is CCNC(=O)CNC1CSCCC1(C)C. The van der Waals surface area contributed by atoms with E-state index in [0.717, 1.165) is 5.75 Å². The van der Waals surface area contributed by atoms with Crippen LogP contribution in [0, 0.1) is 5.41 Å². The molecule has 1 amide bonds. The van der Waals surface area contributed by atoms with Crippen LogP contribution in [0.4, 0.5) is 0 Å². The summed E-state index contributed by atoms with van der Waals surface area (Å²) in [5.41, 5.74) is 0.317. The molecule has 15 heavy (non-hydrogen) atoms. The van der Waals surface area contributed by atoms with Crippen LogP contribution in [0.2, 0.25) is 0 Å². The molecule has 1 atom stereocenters. The maximum Gasteiger partial charge on any atom is 0.233 e. The molecule has 0 bridgehead atoms. The minimum absolute atomic E-state index is 0.101. The highest BCUT2D eigenvalue weighted by molar-refractivity contribution is 7.99. The van der Waals surface area contributed by atoms with Crippen LogP contribution in [0.25, 0.3) is 0 Å². The second kappa shape index (κ2) is 5.75. The summed E-state index contributed by atoms with van der Waals surface area (Å²) < 4.78 is 0. The van der Waals surface area contributed by atoms with Gasteiger partial charge in [-0.3, -0.25) is 4.79 Å². The summed E-state index contributed by atoms with van der Waals surface area (Å²) >= 11 is 1.98. The minimum atomic E-state index is 0.101. The van der Waals surface area contributed by atoms with E-state index in [1.807, 2.05) is 18.7 Å². The summed E-state index contributed by atoms with van der Waals surface area (Å²) in [5.74, 6) is 2.46. The highest BCUT2D eigenvalue weighted by atomic mass is 32.2. The van der Waals surface area contributed by atoms with Crippen molar-refractivity contribution in [3.63, 3.8) is 0 Å². The first-order chi connectivity index (χ1) is 7.06. The van der Waals surface area contributed by atoms with Crippen LogP contribution < -0.4 is 10.6 Å². The van der Waals surface area contributed by atoms with E-state index in [4.69, 9.17) is 0 Å². The van der Waals surface area contributed by atoms with Crippen LogP contribution in [0.5, 0.6) is 0 Å². The van der Waals surface area contributed by atoms with Crippen molar-refractivity contribution in [2.75, 3.05) is 24.6 Å². The van der Waals surface area contributed by atoms with Crippen molar-refractivity contribution < 1.29 is 4.79 Å². The molecule has 0 saturated carbocycles. The van der Waals surface area contributed by atoms with Crippen molar-refractivity contribution in [1.29, 1.82) is 0 Å². The molecule has 4 heteroatoms. The van der Waals surface area contributed by atoms with Crippen LogP contribution in [-0.4, -0.2) is 36.5 Å². The van der Waals surface area contributed by atoms with E-state index in [2.05, 4.69) is 24.5 Å². The first kappa shape index (κ1) is 12.8. The molecule has 3 nitrogen and oxygen atoms in total. The molecular formula is C11H22N2OS. The molecule has 1 unspecified atom stereocenters. The van der Waals surface area contributed by atoms with Gasteiger partial charge in [-0.05, 0) is 24.5 Å². The monoisotopic (exact) mass is 230 g/mol. The van der Waals surface area contributed by atoms with Gasteiger partial charge in [0.1, 0.15) is 0 Å². The lowest BCUT2D eigenvalue weighted by Gasteiger charge is -2.38. The molecule has 1 fully saturated rings. The van der Waals surface area contributed by atoms with Gasteiger partial charge in [0.15, 0.2) is 0 Å². The van der Waals surface area contributed by atoms with Crippen molar-refractivity contribution in [1.82, 2.24) is 10.6 Å². The summed E-state index contributed by atoms with van der Waals surface area (Å²) in [6, 6.07) is 0.457. The Hall–Kier alpha value is -0.220. The number of carbonyl (C=O) groups excluding carboxylic acids is 1. The summed E-state index contributed by atoms with van der Waals surface area (Å²) in [4.78, 5) is 11.3. The number of carbonyl (C=O) groups is 1. The maximum absolute atomic E-state index is 11.3. The molecule has 1 aliphatic heterocycles. The molecule has 0 aromatic carbocycles. The number of thioether (sulfide) groups is 1. The second-order valence-corrected chi connectivity index (χ2v) is 5.85. The van der Waals surface area contributed by atoms with Gasteiger partial charge in [-0.15, -0.1) is 0 Å². The molecule has 1 aliphatic rings. The first-order valence-corrected chi connectivity index (χ1v) is 6.79. The van der Waals surface area contributed by atoms with Crippen LogP contribution in [0.1, 0.15) is 27.2 Å². The molecule has 0 aromatic rings. The van der Waals surface area contributed by atoms with Gasteiger partial charge in [-0.2, -0.15) is 11.8 Å². The van der Waals surface area contributed by atoms with Gasteiger partial charge < -0.3 is 10.6 Å². The molecular weight excluding hydrogens is 208 g/mol. The van der Waals surface area contributed by atoms with Crippen molar-refractivity contribution in [3.05, 3.63) is 0 Å². The zero-order chi connectivity index (χ0) is 11.3. The Kier molecular flexibility index (Phi) is 4.93. The van der Waals surface area contributed by atoms with Crippen molar-refractivity contribution in [3.8, 4) is 0 Å². The van der Waals surface area contributed by atoms with Gasteiger partial charge in [0, 0.05) is 18.3 Å². The average Bonchev–Trinajstić information content (AvgIpc) is 2.16. The molecule has 1 heterocycles. The molecule has 0 spiro atoms. The third-order valence-electron chi connectivity index (χ3n) is 3.00. The fourth-order valence-electron chi connectivity index (χ4n) is 1.75. The third kappa shape index (κ3) is 4.03. The lowest BCUT2D eigenvalue weighted by molar-refractivity contribution is -0.120. The highest BCUT2D eigenvalue weighted by Gasteiger charge is 2.32. The van der Waals surface area contributed by atoms with Crippen molar-refractivity contribution >= 4 is 17.7 Å². The number of amides is 1. The summed E-state index contributed by atoms with van der Waals surface area (Å²) in [6.07, 6.45) is 1.23. The predicted octanol–water partition coefficient (Wildman–Crippen LogP) is 1.24. The van der Waals surface area contributed by atoms with Crippen LogP contribution >= 0.6 is 11.8 Å². The van der Waals surface area contributed by atoms with E-state index in [1.165, 1.54) is 12.2 Å². The van der Waals surface area contributed by atoms with Crippen molar-refractivity contribution in [2.45, 2.75) is 33.2 Å². The predicted molar refractivity (Wildman–Crippen MR) is 66.2 cm³/mol. The first-order valence-electron chi connectivity index (χ1n) is 5.64. The molecule has 0 aromatic heterocycles. The third-order valence-corrected chi connectivity index (χ3v) is 4.06. The normalized spacial score (nSPS) is 24.9. The summed E-state index contributed by atoms with van der Waals surface area (Å²) in [6.45, 7) is 7.66. The Balaban J connectivity index is 2.33. The quantitative estimate of drug-likeness (QED) is 0.763. The van der Waals surface area contributed by atoms with Gasteiger partial charge in [0.25, 0.3) is 0 Å². The molecule has 1 rings (SSSR count). The molecule has 88 valence electrons. The van der Waals surface area contributed by atoms with E-state index in [0.29, 0.717) is 24.5 Å².